The van der Waals surface area contributed by atoms with Crippen molar-refractivity contribution in [1.82, 2.24) is 14.5 Å². The Morgan fingerprint density at radius 3 is 2.78 bits per heavy atom. The first-order chi connectivity index (χ1) is 8.65. The molecule has 0 unspecified atom stereocenters. The SMILES string of the molecule is Cn1ccnc1CN1CCC(CCC(=O)O)CC1. The van der Waals surface area contributed by atoms with Crippen LogP contribution in [-0.4, -0.2) is 38.6 Å². The third-order valence-corrected chi connectivity index (χ3v) is 3.76. The van der Waals surface area contributed by atoms with E-state index < -0.39 is 5.97 Å². The number of nitrogens with zero attached hydrogens (tertiary/aromatic N) is 3. The van der Waals surface area contributed by atoms with E-state index >= 15 is 0 Å². The Kier molecular flexibility index (Phi) is 4.36. The van der Waals surface area contributed by atoms with Crippen LogP contribution in [0.4, 0.5) is 0 Å². The minimum atomic E-state index is -0.676. The lowest BCUT2D eigenvalue weighted by Crippen LogP contribution is -2.34. The van der Waals surface area contributed by atoms with Crippen molar-refractivity contribution in [2.45, 2.75) is 32.2 Å². The van der Waals surface area contributed by atoms with Gasteiger partial charge in [-0.05, 0) is 38.3 Å². The molecule has 0 bridgehead atoms. The zero-order valence-electron chi connectivity index (χ0n) is 10.9. The van der Waals surface area contributed by atoms with E-state index in [4.69, 9.17) is 5.11 Å². The monoisotopic (exact) mass is 251 g/mol. The molecule has 5 nitrogen and oxygen atoms in total. The van der Waals surface area contributed by atoms with E-state index in [-0.39, 0.29) is 0 Å². The Hall–Kier alpha value is -1.36. The van der Waals surface area contributed by atoms with Crippen LogP contribution in [0.25, 0.3) is 0 Å². The Balaban J connectivity index is 1.73. The zero-order chi connectivity index (χ0) is 13.0. The summed E-state index contributed by atoms with van der Waals surface area (Å²) in [6.07, 6.45) is 7.15. The molecular formula is C13H21N3O2. The molecule has 100 valence electrons. The highest BCUT2D eigenvalue weighted by Gasteiger charge is 2.20. The van der Waals surface area contributed by atoms with E-state index in [9.17, 15) is 4.79 Å². The summed E-state index contributed by atoms with van der Waals surface area (Å²) in [6.45, 7) is 3.00. The van der Waals surface area contributed by atoms with Gasteiger partial charge in [0.25, 0.3) is 0 Å². The van der Waals surface area contributed by atoms with Gasteiger partial charge in [0, 0.05) is 25.9 Å². The number of carboxylic acid groups (broad SMARTS) is 1. The summed E-state index contributed by atoms with van der Waals surface area (Å²) >= 11 is 0. The first-order valence-corrected chi connectivity index (χ1v) is 6.55. The van der Waals surface area contributed by atoms with Gasteiger partial charge in [0.05, 0.1) is 6.54 Å². The van der Waals surface area contributed by atoms with Crippen LogP contribution in [0.15, 0.2) is 12.4 Å². The largest absolute Gasteiger partial charge is 0.481 e. The average molecular weight is 251 g/mol. The van der Waals surface area contributed by atoms with Crippen LogP contribution in [0, 0.1) is 5.92 Å². The third kappa shape index (κ3) is 3.57. The molecule has 1 fully saturated rings. The minimum Gasteiger partial charge on any atom is -0.481 e. The highest BCUT2D eigenvalue weighted by atomic mass is 16.4. The van der Waals surface area contributed by atoms with Crippen molar-refractivity contribution < 1.29 is 9.90 Å². The molecule has 0 spiro atoms. The van der Waals surface area contributed by atoms with Crippen LogP contribution < -0.4 is 0 Å². The Labute approximate surface area is 107 Å². The summed E-state index contributed by atoms with van der Waals surface area (Å²) in [6, 6.07) is 0. The van der Waals surface area contributed by atoms with E-state index in [0.29, 0.717) is 12.3 Å². The molecule has 2 heterocycles. The lowest BCUT2D eigenvalue weighted by atomic mass is 9.92. The Morgan fingerprint density at radius 1 is 1.50 bits per heavy atom. The number of rotatable bonds is 5. The van der Waals surface area contributed by atoms with E-state index in [1.54, 1.807) is 0 Å². The van der Waals surface area contributed by atoms with Gasteiger partial charge in [0.15, 0.2) is 0 Å². The maximum absolute atomic E-state index is 10.5. The number of hydrogen-bond acceptors (Lipinski definition) is 3. The second-order valence-corrected chi connectivity index (χ2v) is 5.11. The molecule has 2 rings (SSSR count). The molecule has 1 N–H and O–H groups in total. The number of likely N-dealkylation sites (tertiary alicyclic amines) is 1. The zero-order valence-corrected chi connectivity index (χ0v) is 10.9. The fourth-order valence-electron chi connectivity index (χ4n) is 2.51. The summed E-state index contributed by atoms with van der Waals surface area (Å²) in [5, 5.41) is 8.68. The van der Waals surface area contributed by atoms with Crippen LogP contribution in [0.5, 0.6) is 0 Å². The van der Waals surface area contributed by atoms with Crippen LogP contribution in [0.1, 0.15) is 31.5 Å². The summed E-state index contributed by atoms with van der Waals surface area (Å²) in [7, 11) is 2.02. The first-order valence-electron chi connectivity index (χ1n) is 6.55. The van der Waals surface area contributed by atoms with Crippen molar-refractivity contribution >= 4 is 5.97 Å². The van der Waals surface area contributed by atoms with Gasteiger partial charge in [-0.15, -0.1) is 0 Å². The molecule has 1 aliphatic rings. The molecule has 1 aliphatic heterocycles. The highest BCUT2D eigenvalue weighted by molar-refractivity contribution is 5.66. The molecule has 18 heavy (non-hydrogen) atoms. The molecule has 1 saturated heterocycles. The van der Waals surface area contributed by atoms with E-state index in [0.717, 1.165) is 44.7 Å². The van der Waals surface area contributed by atoms with Gasteiger partial charge in [-0.3, -0.25) is 9.69 Å². The van der Waals surface area contributed by atoms with Crippen LogP contribution in [0.2, 0.25) is 0 Å². The fraction of sp³-hybridized carbons (Fsp3) is 0.692. The van der Waals surface area contributed by atoms with Crippen molar-refractivity contribution in [2.24, 2.45) is 13.0 Å². The number of carbonyl (C=O) groups is 1. The number of hydrogen-bond donors (Lipinski definition) is 1. The van der Waals surface area contributed by atoms with Crippen molar-refractivity contribution in [3.63, 3.8) is 0 Å². The molecule has 0 aromatic carbocycles. The number of carboxylic acids is 1. The second kappa shape index (κ2) is 6.00. The third-order valence-electron chi connectivity index (χ3n) is 3.76. The molecule has 0 aliphatic carbocycles. The van der Waals surface area contributed by atoms with Gasteiger partial charge in [-0.25, -0.2) is 4.98 Å². The normalized spacial score (nSPS) is 18.1. The first kappa shape index (κ1) is 13.1. The van der Waals surface area contributed by atoms with Crippen molar-refractivity contribution in [2.75, 3.05) is 13.1 Å². The smallest absolute Gasteiger partial charge is 0.303 e. The Bertz CT molecular complexity index is 395. The summed E-state index contributed by atoms with van der Waals surface area (Å²) in [5.74, 6) is 1.00. The number of aromatic nitrogens is 2. The molecule has 0 saturated carbocycles. The average Bonchev–Trinajstić information content (AvgIpc) is 2.74. The van der Waals surface area contributed by atoms with Crippen molar-refractivity contribution in [3.05, 3.63) is 18.2 Å². The predicted octanol–water partition coefficient (Wildman–Crippen LogP) is 1.50. The quantitative estimate of drug-likeness (QED) is 0.861. The summed E-state index contributed by atoms with van der Waals surface area (Å²) in [5.41, 5.74) is 0. The second-order valence-electron chi connectivity index (χ2n) is 5.11. The maximum Gasteiger partial charge on any atom is 0.303 e. The molecule has 0 amide bonds. The van der Waals surface area contributed by atoms with Crippen molar-refractivity contribution in [1.29, 1.82) is 0 Å². The lowest BCUT2D eigenvalue weighted by Gasteiger charge is -2.31. The molecular weight excluding hydrogens is 230 g/mol. The number of piperidine rings is 1. The van der Waals surface area contributed by atoms with Crippen LogP contribution >= 0.6 is 0 Å². The fourth-order valence-corrected chi connectivity index (χ4v) is 2.51. The van der Waals surface area contributed by atoms with Gasteiger partial charge >= 0.3 is 5.97 Å². The predicted molar refractivity (Wildman–Crippen MR) is 68.1 cm³/mol. The molecule has 1 aromatic rings. The van der Waals surface area contributed by atoms with Gasteiger partial charge in [0.2, 0.25) is 0 Å². The minimum absolute atomic E-state index is 0.310. The molecule has 5 heteroatoms. The molecule has 0 atom stereocenters. The van der Waals surface area contributed by atoms with Gasteiger partial charge in [-0.2, -0.15) is 0 Å². The van der Waals surface area contributed by atoms with Crippen LogP contribution in [-0.2, 0) is 18.4 Å². The van der Waals surface area contributed by atoms with E-state index in [1.165, 1.54) is 0 Å². The lowest BCUT2D eigenvalue weighted by molar-refractivity contribution is -0.137. The van der Waals surface area contributed by atoms with Gasteiger partial charge < -0.3 is 9.67 Å². The standard InChI is InChI=1S/C13H21N3O2/c1-15-9-6-14-12(15)10-16-7-4-11(5-8-16)2-3-13(17)18/h6,9,11H,2-5,7-8,10H2,1H3,(H,17,18). The highest BCUT2D eigenvalue weighted by Crippen LogP contribution is 2.22. The number of imidazole rings is 1. The number of aryl methyl sites for hydroxylation is 1. The molecule has 0 radical (unpaired) electrons. The topological polar surface area (TPSA) is 58.4 Å². The van der Waals surface area contributed by atoms with Crippen LogP contribution in [0.3, 0.4) is 0 Å². The summed E-state index contributed by atoms with van der Waals surface area (Å²) in [4.78, 5) is 17.3. The Morgan fingerprint density at radius 2 is 2.22 bits per heavy atom. The maximum atomic E-state index is 10.5. The molecule has 1 aromatic heterocycles. The van der Waals surface area contributed by atoms with E-state index in [2.05, 4.69) is 14.5 Å². The van der Waals surface area contributed by atoms with Crippen molar-refractivity contribution in [3.8, 4) is 0 Å². The van der Waals surface area contributed by atoms with Gasteiger partial charge in [0.1, 0.15) is 5.82 Å². The number of aliphatic carboxylic acids is 1. The summed E-state index contributed by atoms with van der Waals surface area (Å²) < 4.78 is 2.05. The van der Waals surface area contributed by atoms with E-state index in [1.807, 2.05) is 19.4 Å². The van der Waals surface area contributed by atoms with Gasteiger partial charge in [-0.1, -0.05) is 0 Å².